The summed E-state index contributed by atoms with van der Waals surface area (Å²) in [4.78, 5) is 14.7. The van der Waals surface area contributed by atoms with Crippen molar-refractivity contribution in [2.24, 2.45) is 11.7 Å². The number of rotatable bonds is 6. The van der Waals surface area contributed by atoms with Crippen molar-refractivity contribution in [2.75, 3.05) is 39.2 Å². The van der Waals surface area contributed by atoms with Gasteiger partial charge in [-0.25, -0.2) is 4.68 Å². The number of anilines is 1. The number of allylic oxidation sites excluding steroid dienone is 1. The van der Waals surface area contributed by atoms with Crippen LogP contribution in [0.15, 0.2) is 37.1 Å². The monoisotopic (exact) mass is 423 g/mol. The molecule has 0 radical (unpaired) electrons. The van der Waals surface area contributed by atoms with Gasteiger partial charge in [0.1, 0.15) is 28.6 Å². The molecule has 3 N–H and O–H groups in total. The molecule has 1 aromatic carbocycles. The zero-order valence-electron chi connectivity index (χ0n) is 18.3. The Morgan fingerprint density at radius 1 is 1.32 bits per heavy atom. The summed E-state index contributed by atoms with van der Waals surface area (Å²) in [7, 11) is 3.21. The van der Waals surface area contributed by atoms with Crippen LogP contribution < -0.4 is 20.5 Å². The van der Waals surface area contributed by atoms with Gasteiger partial charge in [0.2, 0.25) is 0 Å². The highest BCUT2D eigenvalue weighted by atomic mass is 16.5. The minimum Gasteiger partial charge on any atom is -0.496 e. The Hall–Kier alpha value is -3.42. The number of carbonyl (C=O) groups is 1. The minimum atomic E-state index is -0.516. The highest BCUT2D eigenvalue weighted by Crippen LogP contribution is 2.42. The van der Waals surface area contributed by atoms with E-state index in [9.17, 15) is 4.79 Å². The van der Waals surface area contributed by atoms with Crippen molar-refractivity contribution in [3.8, 4) is 22.8 Å². The van der Waals surface area contributed by atoms with E-state index < -0.39 is 5.91 Å². The summed E-state index contributed by atoms with van der Waals surface area (Å²) >= 11 is 0. The van der Waals surface area contributed by atoms with E-state index in [1.54, 1.807) is 20.3 Å². The Labute approximate surface area is 182 Å². The molecule has 4 rings (SSSR count). The number of nitrogens with two attached hydrogens (primary N) is 1. The molecule has 0 bridgehead atoms. The fourth-order valence-corrected chi connectivity index (χ4v) is 4.66. The Morgan fingerprint density at radius 3 is 2.58 bits per heavy atom. The zero-order valence-corrected chi connectivity index (χ0v) is 18.3. The van der Waals surface area contributed by atoms with Gasteiger partial charge in [-0.15, -0.1) is 0 Å². The standard InChI is InChI=1S/C23H29N5O3/c1-6-13(2)27-8-7-17-16(12-27)11-25-23-20(22(24)29)21(26-28(17)23)15-9-18(30-4)14(3)19(10-15)31-5/h6,9-10,16-17,25H,1-2,7-8,11-12H2,3-5H3,(H2,24,29). The fourth-order valence-electron chi connectivity index (χ4n) is 4.66. The van der Waals surface area contributed by atoms with Gasteiger partial charge in [-0.05, 0) is 31.6 Å². The molecular formula is C23H29N5O3. The molecule has 31 heavy (non-hydrogen) atoms. The lowest BCUT2D eigenvalue weighted by atomic mass is 9.90. The van der Waals surface area contributed by atoms with Crippen molar-refractivity contribution < 1.29 is 14.3 Å². The lowest BCUT2D eigenvalue weighted by Gasteiger charge is -2.43. The predicted octanol–water partition coefficient (Wildman–Crippen LogP) is 2.96. The van der Waals surface area contributed by atoms with Crippen molar-refractivity contribution in [3.63, 3.8) is 0 Å². The highest BCUT2D eigenvalue weighted by molar-refractivity contribution is 6.04. The molecule has 2 aliphatic rings. The Kier molecular flexibility index (Phi) is 5.39. The van der Waals surface area contributed by atoms with Crippen molar-refractivity contribution in [1.82, 2.24) is 14.7 Å². The number of hydrogen-bond acceptors (Lipinski definition) is 6. The molecule has 1 saturated heterocycles. The number of amides is 1. The van der Waals surface area contributed by atoms with E-state index in [0.717, 1.165) is 42.9 Å². The highest BCUT2D eigenvalue weighted by Gasteiger charge is 2.38. The van der Waals surface area contributed by atoms with Crippen LogP contribution in [0, 0.1) is 12.8 Å². The molecule has 0 saturated carbocycles. The third kappa shape index (κ3) is 3.41. The van der Waals surface area contributed by atoms with E-state index >= 15 is 0 Å². The van der Waals surface area contributed by atoms with Crippen LogP contribution in [0.25, 0.3) is 11.3 Å². The Morgan fingerprint density at radius 2 is 2.00 bits per heavy atom. The van der Waals surface area contributed by atoms with Crippen LogP contribution in [0.3, 0.4) is 0 Å². The minimum absolute atomic E-state index is 0.172. The molecule has 2 aliphatic heterocycles. The largest absolute Gasteiger partial charge is 0.496 e. The quantitative estimate of drug-likeness (QED) is 0.694. The first-order valence-electron chi connectivity index (χ1n) is 10.3. The van der Waals surface area contributed by atoms with Crippen molar-refractivity contribution in [3.05, 3.63) is 48.2 Å². The van der Waals surface area contributed by atoms with Crippen molar-refractivity contribution in [2.45, 2.75) is 19.4 Å². The lowest BCUT2D eigenvalue weighted by Crippen LogP contribution is -2.46. The van der Waals surface area contributed by atoms with Gasteiger partial charge in [0, 0.05) is 42.4 Å². The average molecular weight is 424 g/mol. The molecule has 8 heteroatoms. The second-order valence-corrected chi connectivity index (χ2v) is 8.03. The Balaban J connectivity index is 1.79. The van der Waals surface area contributed by atoms with Crippen molar-refractivity contribution in [1.29, 1.82) is 0 Å². The second-order valence-electron chi connectivity index (χ2n) is 8.03. The van der Waals surface area contributed by atoms with E-state index in [1.807, 2.05) is 23.7 Å². The van der Waals surface area contributed by atoms with Crippen LogP contribution in [0.2, 0.25) is 0 Å². The molecule has 0 spiro atoms. The van der Waals surface area contributed by atoms with Crippen LogP contribution in [0.5, 0.6) is 11.5 Å². The SMILES string of the molecule is C=CC(=C)N1CCC2C(CNc3c(C(N)=O)c(-c4cc(OC)c(C)c(OC)c4)nn32)C1. The number of methoxy groups -OCH3 is 2. The first-order chi connectivity index (χ1) is 14.9. The molecule has 1 aromatic heterocycles. The number of piperidine rings is 1. The number of nitrogens with zero attached hydrogens (tertiary/aromatic N) is 3. The van der Waals surface area contributed by atoms with Crippen LogP contribution in [0.1, 0.15) is 28.4 Å². The summed E-state index contributed by atoms with van der Waals surface area (Å²) in [5.41, 5.74) is 9.28. The molecule has 8 nitrogen and oxygen atoms in total. The first kappa shape index (κ1) is 20.8. The predicted molar refractivity (Wildman–Crippen MR) is 121 cm³/mol. The third-order valence-electron chi connectivity index (χ3n) is 6.36. The van der Waals surface area contributed by atoms with Gasteiger partial charge in [-0.3, -0.25) is 4.79 Å². The molecule has 2 atom stereocenters. The smallest absolute Gasteiger partial charge is 0.254 e. The lowest BCUT2D eigenvalue weighted by molar-refractivity contribution is 0.100. The molecule has 1 amide bonds. The number of likely N-dealkylation sites (tertiary alicyclic amines) is 1. The van der Waals surface area contributed by atoms with Gasteiger partial charge in [0.25, 0.3) is 5.91 Å². The topological polar surface area (TPSA) is 94.6 Å². The van der Waals surface area contributed by atoms with E-state index in [4.69, 9.17) is 20.3 Å². The zero-order chi connectivity index (χ0) is 22.3. The fraction of sp³-hybridized carbons (Fsp3) is 0.391. The molecule has 0 aliphatic carbocycles. The maximum Gasteiger partial charge on any atom is 0.254 e. The van der Waals surface area contributed by atoms with E-state index in [-0.39, 0.29) is 6.04 Å². The van der Waals surface area contributed by atoms with Crippen LogP contribution in [0.4, 0.5) is 5.82 Å². The number of fused-ring (bicyclic) bond motifs is 3. The van der Waals surface area contributed by atoms with E-state index in [1.165, 1.54) is 0 Å². The maximum atomic E-state index is 12.5. The molecule has 164 valence electrons. The summed E-state index contributed by atoms with van der Waals surface area (Å²) in [6.07, 6.45) is 2.68. The average Bonchev–Trinajstić information content (AvgIpc) is 3.18. The number of carbonyl (C=O) groups excluding carboxylic acids is 1. The summed E-state index contributed by atoms with van der Waals surface area (Å²) < 4.78 is 13.0. The van der Waals surface area contributed by atoms with Crippen LogP contribution in [-0.2, 0) is 0 Å². The van der Waals surface area contributed by atoms with E-state index in [2.05, 4.69) is 23.4 Å². The van der Waals surface area contributed by atoms with Gasteiger partial charge in [0.05, 0.1) is 20.3 Å². The number of benzene rings is 1. The normalized spacial score (nSPS) is 19.6. The molecule has 2 unspecified atom stereocenters. The molecule has 3 heterocycles. The first-order valence-corrected chi connectivity index (χ1v) is 10.3. The number of hydrogen-bond donors (Lipinski definition) is 2. The summed E-state index contributed by atoms with van der Waals surface area (Å²) in [6.45, 7) is 12.3. The third-order valence-corrected chi connectivity index (χ3v) is 6.36. The summed E-state index contributed by atoms with van der Waals surface area (Å²) in [5.74, 6) is 1.82. The van der Waals surface area contributed by atoms with Crippen LogP contribution in [-0.4, -0.2) is 54.4 Å². The van der Waals surface area contributed by atoms with Gasteiger partial charge in [0.15, 0.2) is 0 Å². The van der Waals surface area contributed by atoms with E-state index in [0.29, 0.717) is 34.5 Å². The van der Waals surface area contributed by atoms with Crippen molar-refractivity contribution >= 4 is 11.7 Å². The van der Waals surface area contributed by atoms with Crippen LogP contribution >= 0.6 is 0 Å². The molecule has 2 aromatic rings. The second kappa shape index (κ2) is 8.02. The number of ether oxygens (including phenoxy) is 2. The Bertz CT molecular complexity index is 1030. The maximum absolute atomic E-state index is 12.5. The molecule has 1 fully saturated rings. The van der Waals surface area contributed by atoms with Gasteiger partial charge in [-0.2, -0.15) is 5.10 Å². The van der Waals surface area contributed by atoms with Gasteiger partial charge < -0.3 is 25.4 Å². The summed E-state index contributed by atoms with van der Waals surface area (Å²) in [5, 5.41) is 8.28. The number of nitrogens with one attached hydrogen (secondary N) is 1. The van der Waals surface area contributed by atoms with Gasteiger partial charge >= 0.3 is 0 Å². The number of aromatic nitrogens is 2. The molecular weight excluding hydrogens is 394 g/mol. The van der Waals surface area contributed by atoms with Gasteiger partial charge in [-0.1, -0.05) is 13.2 Å². The summed E-state index contributed by atoms with van der Waals surface area (Å²) in [6, 6.07) is 3.91. The number of primary amides is 1.